The minimum atomic E-state index is 0.105. The zero-order valence-corrected chi connectivity index (χ0v) is 10.2. The lowest BCUT2D eigenvalue weighted by Gasteiger charge is -2.17. The predicted molar refractivity (Wildman–Crippen MR) is 64.6 cm³/mol. The minimum Gasteiger partial charge on any atom is -0.361 e. The van der Waals surface area contributed by atoms with Crippen LogP contribution >= 0.6 is 12.2 Å². The van der Waals surface area contributed by atoms with Crippen molar-refractivity contribution in [3.63, 3.8) is 0 Å². The van der Waals surface area contributed by atoms with Gasteiger partial charge in [0, 0.05) is 32.1 Å². The van der Waals surface area contributed by atoms with Crippen LogP contribution < -0.4 is 10.6 Å². The molecule has 0 saturated carbocycles. The maximum atomic E-state index is 11.5. The third kappa shape index (κ3) is 3.66. The van der Waals surface area contributed by atoms with E-state index in [0.29, 0.717) is 6.54 Å². The molecule has 0 aromatic rings. The van der Waals surface area contributed by atoms with Gasteiger partial charge in [0.25, 0.3) is 0 Å². The lowest BCUT2D eigenvalue weighted by atomic mass is 10.1. The van der Waals surface area contributed by atoms with E-state index in [9.17, 15) is 4.79 Å². The van der Waals surface area contributed by atoms with Crippen LogP contribution in [0.1, 0.15) is 20.3 Å². The highest BCUT2D eigenvalue weighted by molar-refractivity contribution is 7.80. The molecule has 0 spiro atoms. The van der Waals surface area contributed by atoms with Gasteiger partial charge in [0.15, 0.2) is 5.11 Å². The molecule has 1 fully saturated rings. The van der Waals surface area contributed by atoms with Crippen LogP contribution in [0.4, 0.5) is 0 Å². The molecule has 0 aromatic heterocycles. The molecule has 5 heteroatoms. The normalized spacial score (nSPS) is 17.5. The molecule has 4 nitrogen and oxygen atoms in total. The summed E-state index contributed by atoms with van der Waals surface area (Å²) < 4.78 is 0. The van der Waals surface area contributed by atoms with Gasteiger partial charge in [-0.3, -0.25) is 4.79 Å². The number of rotatable bonds is 5. The highest BCUT2D eigenvalue weighted by atomic mass is 32.1. The Morgan fingerprint density at radius 3 is 3.00 bits per heavy atom. The van der Waals surface area contributed by atoms with E-state index in [4.69, 9.17) is 12.2 Å². The number of nitrogens with zero attached hydrogens (tertiary/aromatic N) is 1. The first kappa shape index (κ1) is 12.2. The lowest BCUT2D eigenvalue weighted by Crippen LogP contribution is -2.38. The molecule has 1 rings (SSSR count). The Balaban J connectivity index is 2.15. The monoisotopic (exact) mass is 229 g/mol. The van der Waals surface area contributed by atoms with E-state index in [1.807, 2.05) is 13.8 Å². The molecule has 1 aliphatic heterocycles. The summed E-state index contributed by atoms with van der Waals surface area (Å²) in [6, 6.07) is 0. The van der Waals surface area contributed by atoms with E-state index in [2.05, 4.69) is 15.5 Å². The molecular weight excluding hydrogens is 210 g/mol. The van der Waals surface area contributed by atoms with Crippen molar-refractivity contribution >= 4 is 23.2 Å². The fraction of sp³-hybridized carbons (Fsp3) is 0.800. The van der Waals surface area contributed by atoms with E-state index in [1.165, 1.54) is 0 Å². The zero-order chi connectivity index (χ0) is 11.3. The molecule has 1 heterocycles. The zero-order valence-electron chi connectivity index (χ0n) is 9.38. The van der Waals surface area contributed by atoms with Crippen LogP contribution in [0.2, 0.25) is 0 Å². The van der Waals surface area contributed by atoms with Gasteiger partial charge < -0.3 is 15.5 Å². The SMILES string of the molecule is CCC(C)C(=O)NCCN1CCNC1=S. The van der Waals surface area contributed by atoms with Gasteiger partial charge in [0.05, 0.1) is 0 Å². The molecule has 1 saturated heterocycles. The summed E-state index contributed by atoms with van der Waals surface area (Å²) in [5.74, 6) is 0.240. The van der Waals surface area contributed by atoms with Crippen molar-refractivity contribution in [2.45, 2.75) is 20.3 Å². The van der Waals surface area contributed by atoms with Crippen LogP contribution in [0.3, 0.4) is 0 Å². The summed E-state index contributed by atoms with van der Waals surface area (Å²) >= 11 is 5.10. The molecular formula is C10H19N3OS. The Morgan fingerprint density at radius 2 is 2.47 bits per heavy atom. The quantitative estimate of drug-likeness (QED) is 0.667. The van der Waals surface area contributed by atoms with Crippen molar-refractivity contribution in [1.82, 2.24) is 15.5 Å². The van der Waals surface area contributed by atoms with Crippen LogP contribution in [0.5, 0.6) is 0 Å². The number of hydrogen-bond donors (Lipinski definition) is 2. The van der Waals surface area contributed by atoms with E-state index in [0.717, 1.165) is 31.2 Å². The van der Waals surface area contributed by atoms with Crippen molar-refractivity contribution in [2.24, 2.45) is 5.92 Å². The van der Waals surface area contributed by atoms with Gasteiger partial charge in [0.1, 0.15) is 0 Å². The molecule has 2 N–H and O–H groups in total. The standard InChI is InChI=1S/C10H19N3OS/c1-3-8(2)9(14)11-4-6-13-7-5-12-10(13)15/h8H,3-7H2,1-2H3,(H,11,14)(H,12,15). The van der Waals surface area contributed by atoms with Crippen molar-refractivity contribution < 1.29 is 4.79 Å². The molecule has 0 radical (unpaired) electrons. The van der Waals surface area contributed by atoms with Crippen molar-refractivity contribution in [2.75, 3.05) is 26.2 Å². The van der Waals surface area contributed by atoms with Crippen LogP contribution in [0, 0.1) is 5.92 Å². The fourth-order valence-electron chi connectivity index (χ4n) is 1.40. The van der Waals surface area contributed by atoms with Gasteiger partial charge in [-0.05, 0) is 18.6 Å². The maximum Gasteiger partial charge on any atom is 0.222 e. The molecule has 1 atom stereocenters. The van der Waals surface area contributed by atoms with Gasteiger partial charge in [0.2, 0.25) is 5.91 Å². The average Bonchev–Trinajstić information content (AvgIpc) is 2.63. The second kappa shape index (κ2) is 5.90. The third-order valence-electron chi connectivity index (χ3n) is 2.69. The molecule has 1 amide bonds. The molecule has 0 bridgehead atoms. The number of carbonyl (C=O) groups is 1. The summed E-state index contributed by atoms with van der Waals surface area (Å²) in [6.07, 6.45) is 0.884. The number of thiocarbonyl (C=S) groups is 1. The topological polar surface area (TPSA) is 44.4 Å². The van der Waals surface area contributed by atoms with E-state index in [1.54, 1.807) is 0 Å². The van der Waals surface area contributed by atoms with Crippen LogP contribution in [-0.4, -0.2) is 42.1 Å². The van der Waals surface area contributed by atoms with E-state index in [-0.39, 0.29) is 11.8 Å². The smallest absolute Gasteiger partial charge is 0.222 e. The largest absolute Gasteiger partial charge is 0.361 e. The van der Waals surface area contributed by atoms with Gasteiger partial charge in [-0.25, -0.2) is 0 Å². The number of carbonyl (C=O) groups excluding carboxylic acids is 1. The summed E-state index contributed by atoms with van der Waals surface area (Å²) in [6.45, 7) is 7.29. The van der Waals surface area contributed by atoms with Crippen molar-refractivity contribution in [1.29, 1.82) is 0 Å². The average molecular weight is 229 g/mol. The summed E-state index contributed by atoms with van der Waals surface area (Å²) in [7, 11) is 0. The minimum absolute atomic E-state index is 0.105. The number of nitrogens with one attached hydrogen (secondary N) is 2. The van der Waals surface area contributed by atoms with Crippen LogP contribution in [-0.2, 0) is 4.79 Å². The molecule has 15 heavy (non-hydrogen) atoms. The number of amides is 1. The van der Waals surface area contributed by atoms with Crippen molar-refractivity contribution in [3.8, 4) is 0 Å². The first-order valence-corrected chi connectivity index (χ1v) is 5.86. The molecule has 1 aliphatic rings. The highest BCUT2D eigenvalue weighted by Crippen LogP contribution is 2.00. The first-order valence-electron chi connectivity index (χ1n) is 5.45. The summed E-state index contributed by atoms with van der Waals surface area (Å²) in [5.41, 5.74) is 0. The maximum absolute atomic E-state index is 11.5. The van der Waals surface area contributed by atoms with Crippen LogP contribution in [0.25, 0.3) is 0 Å². The Morgan fingerprint density at radius 1 is 1.73 bits per heavy atom. The highest BCUT2D eigenvalue weighted by Gasteiger charge is 2.15. The molecule has 1 unspecified atom stereocenters. The Labute approximate surface area is 96.4 Å². The Hall–Kier alpha value is -0.840. The van der Waals surface area contributed by atoms with Gasteiger partial charge in [-0.1, -0.05) is 13.8 Å². The van der Waals surface area contributed by atoms with Gasteiger partial charge in [-0.2, -0.15) is 0 Å². The lowest BCUT2D eigenvalue weighted by molar-refractivity contribution is -0.124. The fourth-order valence-corrected chi connectivity index (χ4v) is 1.68. The predicted octanol–water partition coefficient (Wildman–Crippen LogP) is 0.339. The first-order chi connectivity index (χ1) is 7.15. The molecule has 86 valence electrons. The number of hydrogen-bond acceptors (Lipinski definition) is 2. The summed E-state index contributed by atoms with van der Waals surface area (Å²) in [5, 5.41) is 6.80. The molecule has 0 aromatic carbocycles. The van der Waals surface area contributed by atoms with Crippen LogP contribution in [0.15, 0.2) is 0 Å². The summed E-state index contributed by atoms with van der Waals surface area (Å²) in [4.78, 5) is 13.5. The Bertz CT molecular complexity index is 245. The van der Waals surface area contributed by atoms with Gasteiger partial charge in [-0.15, -0.1) is 0 Å². The van der Waals surface area contributed by atoms with Crippen molar-refractivity contribution in [3.05, 3.63) is 0 Å². The second-order valence-electron chi connectivity index (χ2n) is 3.82. The second-order valence-corrected chi connectivity index (χ2v) is 4.21. The van der Waals surface area contributed by atoms with E-state index < -0.39 is 0 Å². The third-order valence-corrected chi connectivity index (χ3v) is 3.09. The van der Waals surface area contributed by atoms with E-state index >= 15 is 0 Å². The molecule has 0 aliphatic carbocycles. The van der Waals surface area contributed by atoms with Gasteiger partial charge >= 0.3 is 0 Å². The Kier molecular flexibility index (Phi) is 4.81.